The zero-order chi connectivity index (χ0) is 23.7. The number of urea groups is 1. The third kappa shape index (κ3) is 4.10. The molecule has 4 aromatic rings. The minimum atomic E-state index is -0.250. The fraction of sp³-hybridized carbons (Fsp3) is 0.231. The van der Waals surface area contributed by atoms with E-state index in [0.29, 0.717) is 6.54 Å². The summed E-state index contributed by atoms with van der Waals surface area (Å²) in [6.45, 7) is 5.74. The standard InChI is InChI=1S/C26H27N7O/c1-16-12-21-22(13-17(16)2)33-23(19-4-6-20(7-5-19)31-26(34)27-3)15-30-25(33)24(32-21)29-14-18-8-10-28-11-9-18/h4-8,10,12-13,15H,9,11,14H2,1-3H3,(H,29,32)(H2,27,31,34). The van der Waals surface area contributed by atoms with Crippen LogP contribution in [0.4, 0.5) is 16.3 Å². The number of aryl methyl sites for hydroxylation is 2. The van der Waals surface area contributed by atoms with Crippen molar-refractivity contribution in [1.82, 2.24) is 19.7 Å². The molecule has 0 fully saturated rings. The predicted octanol–water partition coefficient (Wildman–Crippen LogP) is 4.73. The van der Waals surface area contributed by atoms with Gasteiger partial charge in [-0.3, -0.25) is 9.39 Å². The van der Waals surface area contributed by atoms with Gasteiger partial charge in [0.25, 0.3) is 0 Å². The van der Waals surface area contributed by atoms with Crippen LogP contribution in [-0.4, -0.2) is 46.8 Å². The highest BCUT2D eigenvalue weighted by Gasteiger charge is 2.16. The average molecular weight is 454 g/mol. The molecule has 3 N–H and O–H groups in total. The van der Waals surface area contributed by atoms with Crippen molar-refractivity contribution in [3.63, 3.8) is 0 Å². The van der Waals surface area contributed by atoms with Crippen molar-refractivity contribution in [3.05, 3.63) is 65.4 Å². The number of aromatic nitrogens is 3. The quantitative estimate of drug-likeness (QED) is 0.407. The first kappa shape index (κ1) is 21.6. The summed E-state index contributed by atoms with van der Waals surface area (Å²) < 4.78 is 2.16. The van der Waals surface area contributed by atoms with Crippen LogP contribution < -0.4 is 16.0 Å². The molecule has 0 unspecified atom stereocenters. The van der Waals surface area contributed by atoms with Gasteiger partial charge in [-0.1, -0.05) is 12.1 Å². The largest absolute Gasteiger partial charge is 0.363 e. The first-order valence-electron chi connectivity index (χ1n) is 11.3. The van der Waals surface area contributed by atoms with Crippen molar-refractivity contribution in [2.24, 2.45) is 4.99 Å². The van der Waals surface area contributed by atoms with Gasteiger partial charge in [-0.25, -0.2) is 14.8 Å². The Kier molecular flexibility index (Phi) is 5.71. The fourth-order valence-corrected chi connectivity index (χ4v) is 4.10. The Morgan fingerprint density at radius 3 is 2.65 bits per heavy atom. The Bertz CT molecular complexity index is 1450. The third-order valence-corrected chi connectivity index (χ3v) is 6.16. The van der Waals surface area contributed by atoms with Crippen LogP contribution in [-0.2, 0) is 0 Å². The van der Waals surface area contributed by atoms with Gasteiger partial charge in [0.15, 0.2) is 11.5 Å². The number of nitrogens with zero attached hydrogens (tertiary/aromatic N) is 4. The molecule has 2 aromatic heterocycles. The van der Waals surface area contributed by atoms with Gasteiger partial charge in [0.1, 0.15) is 0 Å². The molecular formula is C26H27N7O. The van der Waals surface area contributed by atoms with Gasteiger partial charge in [-0.2, -0.15) is 0 Å². The molecule has 8 nitrogen and oxygen atoms in total. The molecule has 0 aliphatic carbocycles. The lowest BCUT2D eigenvalue weighted by molar-refractivity contribution is 0.254. The second-order valence-corrected chi connectivity index (χ2v) is 8.45. The minimum absolute atomic E-state index is 0.250. The van der Waals surface area contributed by atoms with Gasteiger partial charge in [0, 0.05) is 37.6 Å². The van der Waals surface area contributed by atoms with Gasteiger partial charge < -0.3 is 16.0 Å². The monoisotopic (exact) mass is 453 g/mol. The van der Waals surface area contributed by atoms with Crippen LogP contribution in [0.15, 0.2) is 59.2 Å². The van der Waals surface area contributed by atoms with Gasteiger partial charge in [-0.05, 0) is 67.3 Å². The van der Waals surface area contributed by atoms with Crippen molar-refractivity contribution < 1.29 is 4.79 Å². The Morgan fingerprint density at radius 2 is 1.91 bits per heavy atom. The fourth-order valence-electron chi connectivity index (χ4n) is 4.10. The number of dihydropyridines is 1. The summed E-state index contributed by atoms with van der Waals surface area (Å²) in [5.41, 5.74) is 9.07. The van der Waals surface area contributed by atoms with Gasteiger partial charge in [0.05, 0.1) is 22.9 Å². The van der Waals surface area contributed by atoms with E-state index < -0.39 is 0 Å². The van der Waals surface area contributed by atoms with Crippen LogP contribution in [0, 0.1) is 13.8 Å². The zero-order valence-corrected chi connectivity index (χ0v) is 19.5. The second-order valence-electron chi connectivity index (χ2n) is 8.45. The van der Waals surface area contributed by atoms with E-state index in [-0.39, 0.29) is 6.03 Å². The SMILES string of the molecule is CNC(=O)Nc1ccc(-c2cnc3c(NCC4=CC=NCC4)nc4cc(C)c(C)cc4n23)cc1. The number of hydrogen-bond donors (Lipinski definition) is 3. The summed E-state index contributed by atoms with van der Waals surface area (Å²) in [5, 5.41) is 8.86. The molecule has 8 heteroatoms. The zero-order valence-electron chi connectivity index (χ0n) is 19.5. The molecule has 172 valence electrons. The van der Waals surface area contributed by atoms with E-state index >= 15 is 0 Å². The minimum Gasteiger partial charge on any atom is -0.363 e. The van der Waals surface area contributed by atoms with E-state index in [2.05, 4.69) is 57.4 Å². The first-order valence-corrected chi connectivity index (χ1v) is 11.3. The molecular weight excluding hydrogens is 426 g/mol. The molecule has 5 rings (SSSR count). The molecule has 3 heterocycles. The maximum absolute atomic E-state index is 11.6. The summed E-state index contributed by atoms with van der Waals surface area (Å²) in [6.07, 6.45) is 6.76. The number of aliphatic imine (C=N–C) groups is 1. The Balaban J connectivity index is 1.61. The highest BCUT2D eigenvalue weighted by Crippen LogP contribution is 2.30. The second kappa shape index (κ2) is 8.97. The summed E-state index contributed by atoms with van der Waals surface area (Å²) in [4.78, 5) is 25.6. The highest BCUT2D eigenvalue weighted by atomic mass is 16.2. The Labute approximate surface area is 197 Å². The summed E-state index contributed by atoms with van der Waals surface area (Å²) in [5.74, 6) is 0.753. The lowest BCUT2D eigenvalue weighted by Gasteiger charge is -2.15. The van der Waals surface area contributed by atoms with E-state index in [1.165, 1.54) is 16.7 Å². The van der Waals surface area contributed by atoms with E-state index in [4.69, 9.17) is 9.97 Å². The molecule has 0 saturated carbocycles. The number of carbonyl (C=O) groups is 1. The van der Waals surface area contributed by atoms with Crippen molar-refractivity contribution in [1.29, 1.82) is 0 Å². The number of rotatable bonds is 5. The number of fused-ring (bicyclic) bond motifs is 3. The number of amides is 2. The van der Waals surface area contributed by atoms with Crippen molar-refractivity contribution in [3.8, 4) is 11.3 Å². The number of benzene rings is 2. The average Bonchev–Trinajstić information content (AvgIpc) is 3.30. The lowest BCUT2D eigenvalue weighted by Crippen LogP contribution is -2.24. The van der Waals surface area contributed by atoms with Crippen LogP contribution in [0.5, 0.6) is 0 Å². The lowest BCUT2D eigenvalue weighted by atomic mass is 10.1. The van der Waals surface area contributed by atoms with Crippen LogP contribution in [0.3, 0.4) is 0 Å². The smallest absolute Gasteiger partial charge is 0.318 e. The highest BCUT2D eigenvalue weighted by molar-refractivity contribution is 5.90. The van der Waals surface area contributed by atoms with E-state index in [0.717, 1.165) is 52.4 Å². The van der Waals surface area contributed by atoms with Gasteiger partial charge >= 0.3 is 6.03 Å². The maximum atomic E-state index is 11.6. The van der Waals surface area contributed by atoms with Crippen molar-refractivity contribution >= 4 is 40.4 Å². The first-order chi connectivity index (χ1) is 16.5. The van der Waals surface area contributed by atoms with Gasteiger partial charge in [0.2, 0.25) is 0 Å². The molecule has 0 spiro atoms. The molecule has 0 saturated heterocycles. The maximum Gasteiger partial charge on any atom is 0.318 e. The summed E-state index contributed by atoms with van der Waals surface area (Å²) >= 11 is 0. The Morgan fingerprint density at radius 1 is 1.12 bits per heavy atom. The van der Waals surface area contributed by atoms with Crippen molar-refractivity contribution in [2.45, 2.75) is 20.3 Å². The number of nitrogens with one attached hydrogen (secondary N) is 3. The van der Waals surface area contributed by atoms with E-state index in [1.54, 1.807) is 7.05 Å². The molecule has 2 amide bonds. The number of allylic oxidation sites excluding steroid dienone is 1. The number of imidazole rings is 1. The molecule has 0 radical (unpaired) electrons. The molecule has 34 heavy (non-hydrogen) atoms. The topological polar surface area (TPSA) is 95.7 Å². The molecule has 0 bridgehead atoms. The van der Waals surface area contributed by atoms with Gasteiger partial charge in [-0.15, -0.1) is 0 Å². The summed E-state index contributed by atoms with van der Waals surface area (Å²) in [7, 11) is 1.59. The molecule has 1 aliphatic heterocycles. The molecule has 2 aromatic carbocycles. The van der Waals surface area contributed by atoms with E-state index in [1.807, 2.05) is 36.7 Å². The predicted molar refractivity (Wildman–Crippen MR) is 138 cm³/mol. The molecule has 1 aliphatic rings. The normalized spacial score (nSPS) is 13.2. The third-order valence-electron chi connectivity index (χ3n) is 6.16. The molecule has 0 atom stereocenters. The van der Waals surface area contributed by atoms with Crippen LogP contribution in [0.25, 0.3) is 27.9 Å². The Hall–Kier alpha value is -4.20. The van der Waals surface area contributed by atoms with Crippen LogP contribution >= 0.6 is 0 Å². The van der Waals surface area contributed by atoms with Crippen molar-refractivity contribution in [2.75, 3.05) is 30.8 Å². The number of anilines is 2. The van der Waals surface area contributed by atoms with E-state index in [9.17, 15) is 4.79 Å². The van der Waals surface area contributed by atoms with Crippen LogP contribution in [0.1, 0.15) is 17.5 Å². The number of hydrogen-bond acceptors (Lipinski definition) is 5. The summed E-state index contributed by atoms with van der Waals surface area (Å²) in [6, 6.07) is 11.8. The number of carbonyl (C=O) groups excluding carboxylic acids is 1. The van der Waals surface area contributed by atoms with Crippen LogP contribution in [0.2, 0.25) is 0 Å².